The Hall–Kier alpha value is -3.08. The van der Waals surface area contributed by atoms with E-state index in [1.807, 2.05) is 30.5 Å². The third-order valence-corrected chi connectivity index (χ3v) is 3.22. The number of para-hydroxylation sites is 1. The van der Waals surface area contributed by atoms with E-state index in [4.69, 9.17) is 4.42 Å². The average Bonchev–Trinajstić information content (AvgIpc) is 2.87. The molecular weight excluding hydrogens is 282 g/mol. The topological polar surface area (TPSA) is 83.3 Å². The first-order valence-corrected chi connectivity index (χ1v) is 6.72. The van der Waals surface area contributed by atoms with Gasteiger partial charge in [-0.25, -0.2) is 4.79 Å². The summed E-state index contributed by atoms with van der Waals surface area (Å²) in [4.78, 5) is 26.2. The van der Waals surface area contributed by atoms with Crippen molar-refractivity contribution in [3.8, 4) is 5.75 Å². The van der Waals surface area contributed by atoms with Crippen molar-refractivity contribution in [2.45, 2.75) is 6.42 Å². The lowest BCUT2D eigenvalue weighted by molar-refractivity contribution is -0.114. The highest BCUT2D eigenvalue weighted by Crippen LogP contribution is 2.19. The van der Waals surface area contributed by atoms with Gasteiger partial charge in [0.15, 0.2) is 5.78 Å². The lowest BCUT2D eigenvalue weighted by Gasteiger charge is -1.97. The van der Waals surface area contributed by atoms with Gasteiger partial charge in [-0.2, -0.15) is 0 Å². The Morgan fingerprint density at radius 1 is 1.27 bits per heavy atom. The highest BCUT2D eigenvalue weighted by atomic mass is 16.4. The molecule has 0 aliphatic carbocycles. The number of ketones is 1. The van der Waals surface area contributed by atoms with Crippen LogP contribution in [0.3, 0.4) is 0 Å². The van der Waals surface area contributed by atoms with Crippen LogP contribution in [0.25, 0.3) is 17.0 Å². The largest absolute Gasteiger partial charge is 0.508 e. The van der Waals surface area contributed by atoms with Crippen molar-refractivity contribution in [1.82, 2.24) is 4.98 Å². The summed E-state index contributed by atoms with van der Waals surface area (Å²) in [6.07, 6.45) is 4.88. The number of carbonyl (C=O) groups excluding carboxylic acids is 1. The first-order chi connectivity index (χ1) is 10.6. The number of nitrogens with one attached hydrogen (secondary N) is 1. The predicted octanol–water partition coefficient (Wildman–Crippen LogP) is 2.65. The maximum atomic E-state index is 11.9. The van der Waals surface area contributed by atoms with Crippen LogP contribution in [-0.2, 0) is 11.2 Å². The molecule has 22 heavy (non-hydrogen) atoms. The van der Waals surface area contributed by atoms with E-state index in [9.17, 15) is 14.7 Å². The number of hydrogen-bond acceptors (Lipinski definition) is 4. The zero-order valence-corrected chi connectivity index (χ0v) is 11.6. The molecular formula is C17H13NO4. The molecule has 0 spiro atoms. The molecule has 5 nitrogen and oxygen atoms in total. The Morgan fingerprint density at radius 3 is 2.91 bits per heavy atom. The van der Waals surface area contributed by atoms with Gasteiger partial charge in [-0.15, -0.1) is 0 Å². The molecule has 0 radical (unpaired) electrons. The molecule has 0 bridgehead atoms. The summed E-state index contributed by atoms with van der Waals surface area (Å²) in [6, 6.07) is 9.99. The number of benzene rings is 1. The fourth-order valence-corrected chi connectivity index (χ4v) is 2.25. The molecule has 3 rings (SSSR count). The van der Waals surface area contributed by atoms with Gasteiger partial charge in [-0.05, 0) is 23.8 Å². The molecule has 2 N–H and O–H groups in total. The molecule has 0 saturated heterocycles. The monoisotopic (exact) mass is 295 g/mol. The van der Waals surface area contributed by atoms with E-state index in [0.717, 1.165) is 22.5 Å². The van der Waals surface area contributed by atoms with Crippen LogP contribution in [0.15, 0.2) is 57.9 Å². The number of hydrogen-bond donors (Lipinski definition) is 2. The van der Waals surface area contributed by atoms with Crippen molar-refractivity contribution in [1.29, 1.82) is 0 Å². The van der Waals surface area contributed by atoms with Crippen LogP contribution in [0.5, 0.6) is 5.75 Å². The van der Waals surface area contributed by atoms with Gasteiger partial charge in [0.25, 0.3) is 0 Å². The first-order valence-electron chi connectivity index (χ1n) is 6.72. The van der Waals surface area contributed by atoms with Crippen LogP contribution in [0.2, 0.25) is 0 Å². The highest BCUT2D eigenvalue weighted by Gasteiger charge is 2.06. The average molecular weight is 295 g/mol. The molecule has 0 unspecified atom stereocenters. The van der Waals surface area contributed by atoms with Gasteiger partial charge in [0.2, 0.25) is 0 Å². The van der Waals surface area contributed by atoms with Crippen molar-refractivity contribution in [2.75, 3.05) is 0 Å². The van der Waals surface area contributed by atoms with E-state index in [2.05, 4.69) is 4.98 Å². The maximum Gasteiger partial charge on any atom is 0.339 e. The molecule has 0 aliphatic heterocycles. The molecule has 1 aromatic carbocycles. The zero-order valence-electron chi connectivity index (χ0n) is 11.6. The molecule has 0 amide bonds. The minimum Gasteiger partial charge on any atom is -0.508 e. The molecule has 2 aromatic heterocycles. The summed E-state index contributed by atoms with van der Waals surface area (Å²) in [5.74, 6) is -0.294. The molecule has 110 valence electrons. The van der Waals surface area contributed by atoms with Gasteiger partial charge in [0, 0.05) is 23.2 Å². The number of rotatable bonds is 4. The van der Waals surface area contributed by atoms with Crippen LogP contribution in [-0.4, -0.2) is 15.9 Å². The van der Waals surface area contributed by atoms with Crippen LogP contribution in [0.4, 0.5) is 0 Å². The SMILES string of the molecule is O=C(/C=C/c1c[nH]c2ccccc12)Cc1cc(O)cc(=O)o1. The Balaban J connectivity index is 1.77. The van der Waals surface area contributed by atoms with E-state index in [1.165, 1.54) is 12.1 Å². The molecule has 0 aliphatic rings. The van der Waals surface area contributed by atoms with Crippen molar-refractivity contribution >= 4 is 22.8 Å². The van der Waals surface area contributed by atoms with Crippen molar-refractivity contribution < 1.29 is 14.3 Å². The van der Waals surface area contributed by atoms with Gasteiger partial charge in [-0.1, -0.05) is 18.2 Å². The lowest BCUT2D eigenvalue weighted by atomic mass is 10.1. The van der Waals surface area contributed by atoms with E-state index >= 15 is 0 Å². The van der Waals surface area contributed by atoms with Crippen LogP contribution in [0, 0.1) is 0 Å². The minimum absolute atomic E-state index is 0.0809. The molecule has 0 saturated carbocycles. The molecule has 0 fully saturated rings. The second-order valence-corrected chi connectivity index (χ2v) is 4.87. The van der Waals surface area contributed by atoms with Crippen LogP contribution in [0.1, 0.15) is 11.3 Å². The third kappa shape index (κ3) is 2.98. The molecule has 3 aromatic rings. The highest BCUT2D eigenvalue weighted by molar-refractivity contribution is 5.98. The first kappa shape index (κ1) is 13.9. The van der Waals surface area contributed by atoms with Gasteiger partial charge in [-0.3, -0.25) is 4.79 Å². The minimum atomic E-state index is -0.677. The summed E-state index contributed by atoms with van der Waals surface area (Å²) >= 11 is 0. The second kappa shape index (κ2) is 5.73. The second-order valence-electron chi connectivity index (χ2n) is 4.87. The van der Waals surface area contributed by atoms with Gasteiger partial charge >= 0.3 is 5.63 Å². The van der Waals surface area contributed by atoms with Crippen LogP contribution >= 0.6 is 0 Å². The summed E-state index contributed by atoms with van der Waals surface area (Å²) in [6.45, 7) is 0. The van der Waals surface area contributed by atoms with Crippen LogP contribution < -0.4 is 5.63 Å². The number of H-pyrrole nitrogens is 1. The van der Waals surface area contributed by atoms with Gasteiger partial charge in [0.1, 0.15) is 11.5 Å². The van der Waals surface area contributed by atoms with Crippen molar-refractivity contribution in [3.05, 3.63) is 70.4 Å². The Labute approximate surface area is 125 Å². The van der Waals surface area contributed by atoms with Gasteiger partial charge < -0.3 is 14.5 Å². The summed E-state index contributed by atoms with van der Waals surface area (Å²) in [5.41, 5.74) is 1.22. The molecule has 5 heteroatoms. The van der Waals surface area contributed by atoms with E-state index in [-0.39, 0.29) is 23.7 Å². The number of allylic oxidation sites excluding steroid dienone is 1. The maximum absolute atomic E-state index is 11.9. The lowest BCUT2D eigenvalue weighted by Crippen LogP contribution is -2.03. The fourth-order valence-electron chi connectivity index (χ4n) is 2.25. The Kier molecular flexibility index (Phi) is 3.62. The smallest absolute Gasteiger partial charge is 0.339 e. The standard InChI is InChI=1S/C17H13NO4/c19-12(7-14-8-13(20)9-17(21)22-14)6-5-11-10-18-16-4-2-1-3-15(11)16/h1-6,8-10,18,20H,7H2/b6-5+. The molecule has 2 heterocycles. The number of aromatic hydroxyl groups is 1. The number of carbonyl (C=O) groups is 1. The third-order valence-electron chi connectivity index (χ3n) is 3.22. The normalized spacial score (nSPS) is 11.3. The summed E-state index contributed by atoms with van der Waals surface area (Å²) in [7, 11) is 0. The zero-order chi connectivity index (χ0) is 15.5. The predicted molar refractivity (Wildman–Crippen MR) is 82.7 cm³/mol. The number of fused-ring (bicyclic) bond motifs is 1. The number of aromatic nitrogens is 1. The van der Waals surface area contributed by atoms with Crippen molar-refractivity contribution in [2.24, 2.45) is 0 Å². The van der Waals surface area contributed by atoms with E-state index in [0.29, 0.717) is 0 Å². The van der Waals surface area contributed by atoms with E-state index in [1.54, 1.807) is 6.08 Å². The summed E-state index contributed by atoms with van der Waals surface area (Å²) in [5, 5.41) is 10.3. The van der Waals surface area contributed by atoms with E-state index < -0.39 is 5.63 Å². The molecule has 0 atom stereocenters. The quantitative estimate of drug-likeness (QED) is 0.725. The van der Waals surface area contributed by atoms with Gasteiger partial charge in [0.05, 0.1) is 12.5 Å². The number of aromatic amines is 1. The fraction of sp³-hybridized carbons (Fsp3) is 0.0588. The Bertz CT molecular complexity index is 918. The summed E-state index contributed by atoms with van der Waals surface area (Å²) < 4.78 is 4.86. The Morgan fingerprint density at radius 2 is 2.09 bits per heavy atom. The van der Waals surface area contributed by atoms with Crippen molar-refractivity contribution in [3.63, 3.8) is 0 Å².